The standard InChI is InChI=1S/C8H13FO4S/c1-13-8(10)5-6-2-3-7(4-6)14(9,11)12/h6-7H,2-5H2,1H3. The number of methoxy groups -OCH3 is 1. The number of ether oxygens (including phenoxy) is 1. The van der Waals surface area contributed by atoms with Gasteiger partial charge >= 0.3 is 16.2 Å². The van der Waals surface area contributed by atoms with Gasteiger partial charge in [-0.1, -0.05) is 0 Å². The summed E-state index contributed by atoms with van der Waals surface area (Å²) in [5.74, 6) is -0.426. The Morgan fingerprint density at radius 3 is 2.57 bits per heavy atom. The lowest BCUT2D eigenvalue weighted by atomic mass is 10.0. The SMILES string of the molecule is COC(=O)CC1CCC(S(=O)(=O)F)C1. The molecule has 0 amide bonds. The summed E-state index contributed by atoms with van der Waals surface area (Å²) in [6, 6.07) is 0. The predicted molar refractivity (Wildman–Crippen MR) is 47.8 cm³/mol. The van der Waals surface area contributed by atoms with E-state index >= 15 is 0 Å². The van der Waals surface area contributed by atoms with E-state index in [1.54, 1.807) is 0 Å². The monoisotopic (exact) mass is 224 g/mol. The fourth-order valence-electron chi connectivity index (χ4n) is 1.79. The summed E-state index contributed by atoms with van der Waals surface area (Å²) in [7, 11) is -3.15. The average molecular weight is 224 g/mol. The molecule has 1 aliphatic carbocycles. The van der Waals surface area contributed by atoms with E-state index in [0.717, 1.165) is 0 Å². The molecule has 0 saturated heterocycles. The van der Waals surface area contributed by atoms with E-state index in [1.165, 1.54) is 7.11 Å². The van der Waals surface area contributed by atoms with Gasteiger partial charge in [0.1, 0.15) is 0 Å². The third-order valence-electron chi connectivity index (χ3n) is 2.57. The van der Waals surface area contributed by atoms with Gasteiger partial charge in [-0.25, -0.2) is 0 Å². The molecule has 1 rings (SSSR count). The van der Waals surface area contributed by atoms with Gasteiger partial charge in [0, 0.05) is 6.42 Å². The van der Waals surface area contributed by atoms with Crippen molar-refractivity contribution in [2.75, 3.05) is 7.11 Å². The molecule has 0 aromatic rings. The van der Waals surface area contributed by atoms with Crippen LogP contribution in [0.3, 0.4) is 0 Å². The molecule has 0 bridgehead atoms. The van der Waals surface area contributed by atoms with Gasteiger partial charge < -0.3 is 4.74 Å². The number of esters is 1. The smallest absolute Gasteiger partial charge is 0.305 e. The molecular formula is C8H13FO4S. The van der Waals surface area contributed by atoms with E-state index in [4.69, 9.17) is 0 Å². The van der Waals surface area contributed by atoms with Crippen LogP contribution in [0.4, 0.5) is 3.89 Å². The Bertz CT molecular complexity index is 311. The second kappa shape index (κ2) is 4.25. The van der Waals surface area contributed by atoms with E-state index in [0.29, 0.717) is 12.8 Å². The molecule has 1 aliphatic rings. The lowest BCUT2D eigenvalue weighted by Gasteiger charge is -2.06. The second-order valence-electron chi connectivity index (χ2n) is 3.56. The van der Waals surface area contributed by atoms with Crippen molar-refractivity contribution >= 4 is 16.2 Å². The van der Waals surface area contributed by atoms with Crippen molar-refractivity contribution in [1.82, 2.24) is 0 Å². The molecule has 0 aromatic carbocycles. The number of carbonyl (C=O) groups excluding carboxylic acids is 1. The van der Waals surface area contributed by atoms with Crippen LogP contribution in [-0.2, 0) is 19.8 Å². The highest BCUT2D eigenvalue weighted by atomic mass is 32.3. The van der Waals surface area contributed by atoms with E-state index in [2.05, 4.69) is 4.74 Å². The predicted octanol–water partition coefficient (Wildman–Crippen LogP) is 1.02. The minimum absolute atomic E-state index is 0.0574. The molecule has 14 heavy (non-hydrogen) atoms. The molecule has 0 aromatic heterocycles. The average Bonchev–Trinajstić information content (AvgIpc) is 2.51. The maximum Gasteiger partial charge on any atom is 0.305 e. The van der Waals surface area contributed by atoms with E-state index in [1.807, 2.05) is 0 Å². The van der Waals surface area contributed by atoms with Crippen LogP contribution in [0, 0.1) is 5.92 Å². The largest absolute Gasteiger partial charge is 0.469 e. The number of carbonyl (C=O) groups is 1. The fourth-order valence-corrected chi connectivity index (χ4v) is 2.71. The quantitative estimate of drug-likeness (QED) is 0.530. The molecule has 1 fully saturated rings. The van der Waals surface area contributed by atoms with Crippen molar-refractivity contribution in [3.8, 4) is 0 Å². The van der Waals surface area contributed by atoms with Gasteiger partial charge in [-0.15, -0.1) is 3.89 Å². The third kappa shape index (κ3) is 2.94. The number of hydrogen-bond acceptors (Lipinski definition) is 4. The highest BCUT2D eigenvalue weighted by Gasteiger charge is 2.35. The highest BCUT2D eigenvalue weighted by Crippen LogP contribution is 2.33. The first-order valence-electron chi connectivity index (χ1n) is 4.43. The Morgan fingerprint density at radius 2 is 2.14 bits per heavy atom. The summed E-state index contributed by atoms with van der Waals surface area (Å²) in [5.41, 5.74) is 0. The number of hydrogen-bond donors (Lipinski definition) is 0. The van der Waals surface area contributed by atoms with Crippen molar-refractivity contribution in [1.29, 1.82) is 0 Å². The Hall–Kier alpha value is -0.650. The molecule has 2 unspecified atom stereocenters. The minimum Gasteiger partial charge on any atom is -0.469 e. The molecule has 0 radical (unpaired) electrons. The maximum atomic E-state index is 12.5. The first kappa shape index (κ1) is 11.4. The lowest BCUT2D eigenvalue weighted by molar-refractivity contribution is -0.141. The molecule has 0 spiro atoms. The fraction of sp³-hybridized carbons (Fsp3) is 0.875. The summed E-state index contributed by atoms with van der Waals surface area (Å²) in [6.45, 7) is 0. The van der Waals surface area contributed by atoms with Crippen molar-refractivity contribution in [2.24, 2.45) is 5.92 Å². The maximum absolute atomic E-state index is 12.5. The van der Waals surface area contributed by atoms with Crippen LogP contribution in [-0.4, -0.2) is 26.7 Å². The Balaban J connectivity index is 2.46. The van der Waals surface area contributed by atoms with Gasteiger partial charge in [-0.2, -0.15) is 8.42 Å². The molecule has 0 N–H and O–H groups in total. The van der Waals surface area contributed by atoms with E-state index in [-0.39, 0.29) is 24.7 Å². The molecule has 82 valence electrons. The lowest BCUT2D eigenvalue weighted by Crippen LogP contribution is -2.14. The molecule has 1 saturated carbocycles. The van der Waals surface area contributed by atoms with E-state index in [9.17, 15) is 17.1 Å². The van der Waals surface area contributed by atoms with Crippen LogP contribution in [0.1, 0.15) is 25.7 Å². The van der Waals surface area contributed by atoms with Crippen LogP contribution < -0.4 is 0 Å². The number of halogens is 1. The second-order valence-corrected chi connectivity index (χ2v) is 5.17. The number of rotatable bonds is 3. The molecule has 0 aliphatic heterocycles. The molecular weight excluding hydrogens is 211 g/mol. The summed E-state index contributed by atoms with van der Waals surface area (Å²) in [5, 5.41) is -0.919. The van der Waals surface area contributed by atoms with Crippen LogP contribution in [0.5, 0.6) is 0 Å². The van der Waals surface area contributed by atoms with Crippen molar-refractivity contribution in [3.05, 3.63) is 0 Å². The van der Waals surface area contributed by atoms with Gasteiger partial charge in [0.15, 0.2) is 0 Å². The summed E-state index contributed by atoms with van der Waals surface area (Å²) in [6.07, 6.45) is 1.29. The van der Waals surface area contributed by atoms with Crippen LogP contribution in [0.15, 0.2) is 0 Å². The molecule has 2 atom stereocenters. The normalized spacial score (nSPS) is 27.6. The summed E-state index contributed by atoms with van der Waals surface area (Å²) >= 11 is 0. The van der Waals surface area contributed by atoms with E-state index < -0.39 is 15.5 Å². The van der Waals surface area contributed by atoms with Gasteiger partial charge in [0.2, 0.25) is 0 Å². The Kier molecular flexibility index (Phi) is 3.47. The van der Waals surface area contributed by atoms with Crippen LogP contribution in [0.2, 0.25) is 0 Å². The Morgan fingerprint density at radius 1 is 1.50 bits per heavy atom. The van der Waals surface area contributed by atoms with Crippen molar-refractivity contribution < 1.29 is 21.8 Å². The topological polar surface area (TPSA) is 60.4 Å². The van der Waals surface area contributed by atoms with Crippen molar-refractivity contribution in [2.45, 2.75) is 30.9 Å². The first-order chi connectivity index (χ1) is 6.43. The van der Waals surface area contributed by atoms with Gasteiger partial charge in [0.05, 0.1) is 12.4 Å². The van der Waals surface area contributed by atoms with Gasteiger partial charge in [0.25, 0.3) is 0 Å². The molecule has 6 heteroatoms. The highest BCUT2D eigenvalue weighted by molar-refractivity contribution is 7.87. The third-order valence-corrected chi connectivity index (χ3v) is 3.80. The van der Waals surface area contributed by atoms with Crippen molar-refractivity contribution in [3.63, 3.8) is 0 Å². The zero-order chi connectivity index (χ0) is 10.8. The zero-order valence-electron chi connectivity index (χ0n) is 7.90. The van der Waals surface area contributed by atoms with Crippen LogP contribution >= 0.6 is 0 Å². The van der Waals surface area contributed by atoms with Gasteiger partial charge in [-0.3, -0.25) is 4.79 Å². The first-order valence-corrected chi connectivity index (χ1v) is 5.88. The summed E-state index contributed by atoms with van der Waals surface area (Å²) in [4.78, 5) is 10.9. The molecule has 4 nitrogen and oxygen atoms in total. The summed E-state index contributed by atoms with van der Waals surface area (Å²) < 4.78 is 38.1. The molecule has 0 heterocycles. The Labute approximate surface area is 82.6 Å². The van der Waals surface area contributed by atoms with Gasteiger partial charge in [-0.05, 0) is 25.2 Å². The minimum atomic E-state index is -4.43. The van der Waals surface area contributed by atoms with Crippen LogP contribution in [0.25, 0.3) is 0 Å². The zero-order valence-corrected chi connectivity index (χ0v) is 8.72.